The van der Waals surface area contributed by atoms with E-state index in [-0.39, 0.29) is 5.91 Å². The van der Waals surface area contributed by atoms with Crippen LogP contribution in [0.1, 0.15) is 64.3 Å². The molecular formula is C38H47N5O4S. The van der Waals surface area contributed by atoms with Crippen molar-refractivity contribution in [1.82, 2.24) is 14.5 Å². The van der Waals surface area contributed by atoms with Gasteiger partial charge in [-0.1, -0.05) is 45.4 Å². The van der Waals surface area contributed by atoms with E-state index in [2.05, 4.69) is 71.3 Å². The lowest BCUT2D eigenvalue weighted by atomic mass is 10.00. The Morgan fingerprint density at radius 2 is 1.73 bits per heavy atom. The number of rotatable bonds is 17. The van der Waals surface area contributed by atoms with Gasteiger partial charge in [0.15, 0.2) is 0 Å². The normalized spacial score (nSPS) is 13.4. The van der Waals surface area contributed by atoms with Gasteiger partial charge in [0.2, 0.25) is 0 Å². The lowest BCUT2D eigenvalue weighted by molar-refractivity contribution is -0.112. The molecule has 5 rings (SSSR count). The number of aromatic nitrogens is 3. The molecule has 0 bridgehead atoms. The number of pyridine rings is 1. The molecule has 1 aliphatic rings. The van der Waals surface area contributed by atoms with E-state index in [1.165, 1.54) is 0 Å². The van der Waals surface area contributed by atoms with Crippen LogP contribution in [0.3, 0.4) is 0 Å². The predicted molar refractivity (Wildman–Crippen MR) is 194 cm³/mol. The molecule has 0 spiro atoms. The molecule has 9 nitrogen and oxygen atoms in total. The first-order chi connectivity index (χ1) is 23.5. The summed E-state index contributed by atoms with van der Waals surface area (Å²) in [5.74, 6) is 1.72. The molecule has 254 valence electrons. The molecule has 3 heterocycles. The molecule has 1 atom stereocenters. The third-order valence-electron chi connectivity index (χ3n) is 8.21. The van der Waals surface area contributed by atoms with Gasteiger partial charge in [-0.05, 0) is 84.8 Å². The molecule has 2 aromatic heterocycles. The van der Waals surface area contributed by atoms with E-state index in [9.17, 15) is 9.00 Å². The maximum absolute atomic E-state index is 13.6. The maximum atomic E-state index is 13.6. The second-order valence-electron chi connectivity index (χ2n) is 11.9. The Kier molecular flexibility index (Phi) is 13.0. The van der Waals surface area contributed by atoms with Gasteiger partial charge in [-0.15, -0.1) is 0 Å². The van der Waals surface area contributed by atoms with Crippen LogP contribution in [0.2, 0.25) is 0 Å². The highest BCUT2D eigenvalue weighted by Gasteiger charge is 2.20. The number of carbonyl (C=O) groups is 1. The molecule has 1 amide bonds. The highest BCUT2D eigenvalue weighted by atomic mass is 32.2. The molecule has 0 radical (unpaired) electrons. The number of hydrogen-bond acceptors (Lipinski definition) is 7. The van der Waals surface area contributed by atoms with Crippen molar-refractivity contribution >= 4 is 34.2 Å². The smallest absolute Gasteiger partial charge is 0.251 e. The Morgan fingerprint density at radius 1 is 0.917 bits per heavy atom. The Labute approximate surface area is 286 Å². The number of ether oxygens (including phenoxy) is 2. The fourth-order valence-corrected chi connectivity index (χ4v) is 6.69. The molecule has 0 saturated heterocycles. The number of unbranched alkanes of at least 4 members (excludes halogenated alkanes) is 1. The molecule has 4 aromatic rings. The highest BCUT2D eigenvalue weighted by molar-refractivity contribution is 7.84. The van der Waals surface area contributed by atoms with Gasteiger partial charge in [0.1, 0.15) is 23.2 Å². The second-order valence-corrected chi connectivity index (χ2v) is 13.3. The van der Waals surface area contributed by atoms with E-state index >= 15 is 0 Å². The van der Waals surface area contributed by atoms with Crippen LogP contribution in [0, 0.1) is 0 Å². The van der Waals surface area contributed by atoms with E-state index < -0.39 is 10.8 Å². The quantitative estimate of drug-likeness (QED) is 0.116. The minimum Gasteiger partial charge on any atom is -0.491 e. The number of hydrogen-bond donors (Lipinski definition) is 1. The Hall–Kier alpha value is -4.28. The average molecular weight is 670 g/mol. The zero-order chi connectivity index (χ0) is 33.7. The summed E-state index contributed by atoms with van der Waals surface area (Å²) < 4.78 is 26.5. The first-order valence-corrected chi connectivity index (χ1v) is 18.4. The number of amides is 1. The molecule has 0 saturated carbocycles. The van der Waals surface area contributed by atoms with Crippen LogP contribution in [-0.2, 0) is 32.6 Å². The first-order valence-electron chi connectivity index (χ1n) is 17.0. The van der Waals surface area contributed by atoms with Gasteiger partial charge in [-0.25, -0.2) is 9.97 Å². The molecule has 1 N–H and O–H groups in total. The summed E-state index contributed by atoms with van der Waals surface area (Å²) in [6, 6.07) is 18.0. The minimum absolute atomic E-state index is 0.165. The zero-order valence-corrected chi connectivity index (χ0v) is 29.1. The topological polar surface area (TPSA) is 98.6 Å². The van der Waals surface area contributed by atoms with Gasteiger partial charge in [-0.2, -0.15) is 0 Å². The van der Waals surface area contributed by atoms with Crippen molar-refractivity contribution in [2.75, 3.05) is 43.1 Å². The Bertz CT molecular complexity index is 1680. The molecule has 2 aromatic carbocycles. The van der Waals surface area contributed by atoms with Crippen LogP contribution in [-0.4, -0.2) is 57.6 Å². The molecule has 10 heteroatoms. The van der Waals surface area contributed by atoms with Gasteiger partial charge in [0, 0.05) is 49.9 Å². The van der Waals surface area contributed by atoms with Crippen LogP contribution >= 0.6 is 0 Å². The van der Waals surface area contributed by atoms with Crippen LogP contribution in [0.5, 0.6) is 5.75 Å². The van der Waals surface area contributed by atoms with Gasteiger partial charge in [0.05, 0.1) is 35.0 Å². The molecule has 0 aliphatic carbocycles. The number of benzene rings is 2. The SMILES string of the molecule is CCCCOCCOc1ccc(-c2ccc3c(c2)C=C(C(=O)Nc2ccc(S(=O)Cc4nccn4CCC)nc2)CCN3CCC)cc1. The van der Waals surface area contributed by atoms with Crippen LogP contribution in [0.15, 0.2) is 83.8 Å². The lowest BCUT2D eigenvalue weighted by Crippen LogP contribution is -2.26. The van der Waals surface area contributed by atoms with Crippen LogP contribution < -0.4 is 15.0 Å². The predicted octanol–water partition coefficient (Wildman–Crippen LogP) is 7.50. The molecular weight excluding hydrogens is 623 g/mol. The number of nitrogens with one attached hydrogen (secondary N) is 1. The molecule has 0 fully saturated rings. The van der Waals surface area contributed by atoms with Gasteiger partial charge in [0.25, 0.3) is 5.91 Å². The minimum atomic E-state index is -1.34. The van der Waals surface area contributed by atoms with Crippen molar-refractivity contribution in [2.45, 2.75) is 70.2 Å². The third kappa shape index (κ3) is 9.41. The summed E-state index contributed by atoms with van der Waals surface area (Å²) in [6.07, 6.45) is 12.0. The van der Waals surface area contributed by atoms with Crippen molar-refractivity contribution in [1.29, 1.82) is 0 Å². The number of carbonyl (C=O) groups excluding carboxylic acids is 1. The molecule has 1 aliphatic heterocycles. The number of aryl methyl sites for hydroxylation is 1. The summed E-state index contributed by atoms with van der Waals surface area (Å²) in [6.45, 7) is 10.8. The van der Waals surface area contributed by atoms with E-state index in [0.717, 1.165) is 85.9 Å². The largest absolute Gasteiger partial charge is 0.491 e. The average Bonchev–Trinajstić information content (AvgIpc) is 3.45. The third-order valence-corrected chi connectivity index (χ3v) is 9.44. The molecule has 48 heavy (non-hydrogen) atoms. The van der Waals surface area contributed by atoms with Crippen LogP contribution in [0.4, 0.5) is 11.4 Å². The summed E-state index contributed by atoms with van der Waals surface area (Å²) in [5, 5.41) is 3.47. The van der Waals surface area contributed by atoms with E-state index in [1.807, 2.05) is 29.0 Å². The Balaban J connectivity index is 1.26. The standard InChI is InChI=1S/C38H47N5O4S/c1-4-7-22-46-23-24-47-34-12-8-29(9-13-34)30-10-14-35-32(25-30)26-31(16-20-42(35)18-5-2)38(44)41-33-11-15-37(40-27-33)48(45)28-36-39-17-21-43(36)19-6-3/h8-15,17,21,25-27H,4-7,16,18-20,22-24,28H2,1-3H3,(H,41,44). The van der Waals surface area contributed by atoms with E-state index in [4.69, 9.17) is 9.47 Å². The fraction of sp³-hybridized carbons (Fsp3) is 0.395. The number of nitrogens with zero attached hydrogens (tertiary/aromatic N) is 4. The van der Waals surface area contributed by atoms with Gasteiger partial charge >= 0.3 is 0 Å². The zero-order valence-electron chi connectivity index (χ0n) is 28.3. The van der Waals surface area contributed by atoms with Crippen molar-refractivity contribution < 1.29 is 18.5 Å². The Morgan fingerprint density at radius 3 is 2.48 bits per heavy atom. The lowest BCUT2D eigenvalue weighted by Gasteiger charge is -2.25. The van der Waals surface area contributed by atoms with Crippen molar-refractivity contribution in [2.24, 2.45) is 0 Å². The van der Waals surface area contributed by atoms with Crippen molar-refractivity contribution in [3.63, 3.8) is 0 Å². The van der Waals surface area contributed by atoms with Crippen LogP contribution in [0.25, 0.3) is 17.2 Å². The van der Waals surface area contributed by atoms with Crippen molar-refractivity contribution in [3.8, 4) is 16.9 Å². The summed E-state index contributed by atoms with van der Waals surface area (Å²) in [7, 11) is -1.34. The van der Waals surface area contributed by atoms with E-state index in [0.29, 0.717) is 41.7 Å². The molecule has 1 unspecified atom stereocenters. The van der Waals surface area contributed by atoms with E-state index in [1.54, 1.807) is 24.5 Å². The van der Waals surface area contributed by atoms with Gasteiger partial charge < -0.3 is 24.3 Å². The first kappa shape index (κ1) is 35.0. The summed E-state index contributed by atoms with van der Waals surface area (Å²) in [5.41, 5.74) is 5.55. The maximum Gasteiger partial charge on any atom is 0.251 e. The summed E-state index contributed by atoms with van der Waals surface area (Å²) in [4.78, 5) is 24.7. The van der Waals surface area contributed by atoms with Gasteiger partial charge in [-0.3, -0.25) is 9.00 Å². The summed E-state index contributed by atoms with van der Waals surface area (Å²) >= 11 is 0. The monoisotopic (exact) mass is 669 g/mol. The fourth-order valence-electron chi connectivity index (χ4n) is 5.68. The number of fused-ring (bicyclic) bond motifs is 1. The number of anilines is 2. The number of imidazole rings is 1. The van der Waals surface area contributed by atoms with Crippen molar-refractivity contribution in [3.05, 3.63) is 90.1 Å². The highest BCUT2D eigenvalue weighted by Crippen LogP contribution is 2.33. The second kappa shape index (κ2) is 17.8.